The molecule has 2 N–H and O–H groups in total. The van der Waals surface area contributed by atoms with Crippen LogP contribution in [-0.2, 0) is 4.79 Å². The lowest BCUT2D eigenvalue weighted by molar-refractivity contribution is -0.112. The molecule has 1 rings (SSSR count). The third kappa shape index (κ3) is 2.56. The smallest absolute Gasteiger partial charge is 0.293 e. The van der Waals surface area contributed by atoms with Crippen LogP contribution in [0.15, 0.2) is 24.3 Å². The third-order valence-electron chi connectivity index (χ3n) is 1.52. The second-order valence-electron chi connectivity index (χ2n) is 2.50. The molecule has 0 aliphatic heterocycles. The van der Waals surface area contributed by atoms with Crippen molar-refractivity contribution < 1.29 is 13.6 Å². The van der Waals surface area contributed by atoms with Crippen LogP contribution >= 0.6 is 0 Å². The minimum atomic E-state index is -2.60. The van der Waals surface area contributed by atoms with Crippen molar-refractivity contribution in [2.45, 2.75) is 6.43 Å². The maximum absolute atomic E-state index is 12.4. The molecule has 1 aromatic rings. The van der Waals surface area contributed by atoms with Gasteiger partial charge < -0.3 is 5.73 Å². The first kappa shape index (κ1) is 10.2. The molecule has 2 nitrogen and oxygen atoms in total. The van der Waals surface area contributed by atoms with Crippen molar-refractivity contribution in [3.05, 3.63) is 35.4 Å². The summed E-state index contributed by atoms with van der Waals surface area (Å²) in [7, 11) is 0. The van der Waals surface area contributed by atoms with Gasteiger partial charge in [0.1, 0.15) is 0 Å². The lowest BCUT2D eigenvalue weighted by atomic mass is 10.1. The summed E-state index contributed by atoms with van der Waals surface area (Å²) >= 11 is 0. The molecule has 1 amide bonds. The predicted octanol–water partition coefficient (Wildman–Crippen LogP) is 1.46. The Morgan fingerprint density at radius 2 is 2.00 bits per heavy atom. The highest BCUT2D eigenvalue weighted by atomic mass is 19.3. The van der Waals surface area contributed by atoms with E-state index < -0.39 is 12.3 Å². The van der Waals surface area contributed by atoms with E-state index in [2.05, 4.69) is 5.92 Å². The molecule has 0 radical (unpaired) electrons. The molecule has 0 aliphatic rings. The van der Waals surface area contributed by atoms with Gasteiger partial charge in [-0.15, -0.1) is 0 Å². The first-order chi connectivity index (χ1) is 6.61. The molecule has 0 saturated carbocycles. The van der Waals surface area contributed by atoms with E-state index in [0.717, 1.165) is 0 Å². The van der Waals surface area contributed by atoms with Crippen molar-refractivity contribution in [1.82, 2.24) is 0 Å². The van der Waals surface area contributed by atoms with Crippen LogP contribution < -0.4 is 5.73 Å². The van der Waals surface area contributed by atoms with E-state index in [4.69, 9.17) is 5.73 Å². The topological polar surface area (TPSA) is 43.1 Å². The predicted molar refractivity (Wildman–Crippen MR) is 47.5 cm³/mol. The van der Waals surface area contributed by atoms with Crippen molar-refractivity contribution >= 4 is 5.91 Å². The number of carbonyl (C=O) groups is 1. The molecule has 0 fully saturated rings. The molecule has 14 heavy (non-hydrogen) atoms. The Kier molecular flexibility index (Phi) is 3.19. The summed E-state index contributed by atoms with van der Waals surface area (Å²) in [5, 5.41) is 0. The Hall–Kier alpha value is -1.89. The van der Waals surface area contributed by atoms with Gasteiger partial charge in [-0.3, -0.25) is 4.79 Å². The monoisotopic (exact) mass is 195 g/mol. The zero-order chi connectivity index (χ0) is 10.6. The summed E-state index contributed by atoms with van der Waals surface area (Å²) in [6.07, 6.45) is -2.60. The highest BCUT2D eigenvalue weighted by molar-refractivity contribution is 5.92. The van der Waals surface area contributed by atoms with Crippen molar-refractivity contribution in [3.8, 4) is 11.8 Å². The maximum atomic E-state index is 12.4. The van der Waals surface area contributed by atoms with Gasteiger partial charge in [0.05, 0.1) is 0 Å². The van der Waals surface area contributed by atoms with Gasteiger partial charge in [-0.05, 0) is 12.0 Å². The molecule has 0 atom stereocenters. The molecule has 0 heterocycles. The molecule has 4 heteroatoms. The summed E-state index contributed by atoms with van der Waals surface area (Å²) in [6, 6.07) is 5.72. The zero-order valence-electron chi connectivity index (χ0n) is 7.13. The van der Waals surface area contributed by atoms with Gasteiger partial charge >= 0.3 is 0 Å². The number of carbonyl (C=O) groups excluding carboxylic acids is 1. The number of hydrogen-bond acceptors (Lipinski definition) is 1. The lowest BCUT2D eigenvalue weighted by Gasteiger charge is -2.01. The standard InChI is InChI=1S/C10H7F2NO/c11-10(12)8-4-2-1-3-7(8)5-6-9(13)14/h1-4,10H,(H2,13,14). The maximum Gasteiger partial charge on any atom is 0.293 e. The minimum absolute atomic E-state index is 0.126. The zero-order valence-corrected chi connectivity index (χ0v) is 7.13. The summed E-state index contributed by atoms with van der Waals surface area (Å²) in [4.78, 5) is 10.3. The largest absolute Gasteiger partial charge is 0.359 e. The molecule has 0 saturated heterocycles. The quantitative estimate of drug-likeness (QED) is 0.677. The number of amides is 1. The Balaban J connectivity index is 3.10. The number of primary amides is 1. The van der Waals surface area contributed by atoms with Crippen LogP contribution in [0.2, 0.25) is 0 Å². The SMILES string of the molecule is NC(=O)C#Cc1ccccc1C(F)F. The van der Waals surface area contributed by atoms with E-state index in [1.165, 1.54) is 18.2 Å². The molecule has 0 unspecified atom stereocenters. The molecule has 0 bridgehead atoms. The molecular weight excluding hydrogens is 188 g/mol. The first-order valence-corrected chi connectivity index (χ1v) is 3.80. The number of halogens is 2. The molecule has 0 aliphatic carbocycles. The van der Waals surface area contributed by atoms with Gasteiger partial charge in [0.2, 0.25) is 0 Å². The Labute approximate surface area is 79.7 Å². The molecule has 1 aromatic carbocycles. The number of hydrogen-bond donors (Lipinski definition) is 1. The van der Waals surface area contributed by atoms with E-state index in [1.54, 1.807) is 6.07 Å². The number of benzene rings is 1. The first-order valence-electron chi connectivity index (χ1n) is 3.80. The fourth-order valence-electron chi connectivity index (χ4n) is 0.930. The van der Waals surface area contributed by atoms with E-state index >= 15 is 0 Å². The van der Waals surface area contributed by atoms with Crippen LogP contribution in [0.4, 0.5) is 8.78 Å². The van der Waals surface area contributed by atoms with Crippen molar-refractivity contribution in [2.75, 3.05) is 0 Å². The highest BCUT2D eigenvalue weighted by Crippen LogP contribution is 2.21. The van der Waals surface area contributed by atoms with Gasteiger partial charge in [0.25, 0.3) is 12.3 Å². The van der Waals surface area contributed by atoms with Crippen molar-refractivity contribution in [1.29, 1.82) is 0 Å². The number of rotatable bonds is 1. The van der Waals surface area contributed by atoms with Crippen LogP contribution in [0.3, 0.4) is 0 Å². The third-order valence-corrected chi connectivity index (χ3v) is 1.52. The summed E-state index contributed by atoms with van der Waals surface area (Å²) < 4.78 is 24.7. The number of alkyl halides is 2. The molecule has 0 spiro atoms. The average molecular weight is 195 g/mol. The minimum Gasteiger partial charge on any atom is -0.359 e. The van der Waals surface area contributed by atoms with E-state index in [1.807, 2.05) is 5.92 Å². The summed E-state index contributed by atoms with van der Waals surface area (Å²) in [5.74, 6) is 3.46. The summed E-state index contributed by atoms with van der Waals surface area (Å²) in [6.45, 7) is 0. The lowest BCUT2D eigenvalue weighted by Crippen LogP contribution is -2.06. The molecule has 0 aromatic heterocycles. The van der Waals surface area contributed by atoms with Crippen molar-refractivity contribution in [2.24, 2.45) is 5.73 Å². The van der Waals surface area contributed by atoms with Crippen LogP contribution in [-0.4, -0.2) is 5.91 Å². The van der Waals surface area contributed by atoms with E-state index in [9.17, 15) is 13.6 Å². The Bertz CT molecular complexity index is 404. The van der Waals surface area contributed by atoms with Crippen LogP contribution in [0.5, 0.6) is 0 Å². The van der Waals surface area contributed by atoms with Gasteiger partial charge in [0, 0.05) is 11.1 Å². The highest BCUT2D eigenvalue weighted by Gasteiger charge is 2.09. The second kappa shape index (κ2) is 4.38. The van der Waals surface area contributed by atoms with Gasteiger partial charge in [-0.25, -0.2) is 8.78 Å². The van der Waals surface area contributed by atoms with Gasteiger partial charge in [-0.1, -0.05) is 24.1 Å². The van der Waals surface area contributed by atoms with Crippen LogP contribution in [0.25, 0.3) is 0 Å². The molecular formula is C10H7F2NO. The summed E-state index contributed by atoms with van der Waals surface area (Å²) in [5.41, 5.74) is 4.70. The normalized spacial score (nSPS) is 9.36. The average Bonchev–Trinajstić information content (AvgIpc) is 2.15. The van der Waals surface area contributed by atoms with Gasteiger partial charge in [-0.2, -0.15) is 0 Å². The fourth-order valence-corrected chi connectivity index (χ4v) is 0.930. The van der Waals surface area contributed by atoms with E-state index in [0.29, 0.717) is 0 Å². The molecule has 72 valence electrons. The fraction of sp³-hybridized carbons (Fsp3) is 0.100. The Morgan fingerprint density at radius 3 is 2.57 bits per heavy atom. The Morgan fingerprint density at radius 1 is 1.36 bits per heavy atom. The van der Waals surface area contributed by atoms with Crippen molar-refractivity contribution in [3.63, 3.8) is 0 Å². The van der Waals surface area contributed by atoms with Gasteiger partial charge in [0.15, 0.2) is 0 Å². The second-order valence-corrected chi connectivity index (χ2v) is 2.50. The van der Waals surface area contributed by atoms with Crippen LogP contribution in [0.1, 0.15) is 17.6 Å². The van der Waals surface area contributed by atoms with Crippen LogP contribution in [0, 0.1) is 11.8 Å². The number of nitrogens with two attached hydrogens (primary N) is 1. The van der Waals surface area contributed by atoms with E-state index in [-0.39, 0.29) is 11.1 Å².